The van der Waals surface area contributed by atoms with E-state index in [0.29, 0.717) is 23.2 Å². The smallest absolute Gasteiger partial charge is 0.238 e. The van der Waals surface area contributed by atoms with Crippen molar-refractivity contribution in [1.82, 2.24) is 9.97 Å². The van der Waals surface area contributed by atoms with Gasteiger partial charge in [0.2, 0.25) is 10.0 Å². The lowest BCUT2D eigenvalue weighted by atomic mass is 10.2. The van der Waals surface area contributed by atoms with Gasteiger partial charge in [0.1, 0.15) is 18.0 Å². The first-order chi connectivity index (χ1) is 13.3. The number of sulfonamides is 1. The number of nitrogens with zero attached hydrogens (tertiary/aromatic N) is 2. The third-order valence-corrected chi connectivity index (χ3v) is 5.83. The average molecular weight is 436 g/mol. The maximum atomic E-state index is 11.6. The molecule has 2 aromatic carbocycles. The van der Waals surface area contributed by atoms with Crippen molar-refractivity contribution in [2.45, 2.75) is 16.3 Å². The van der Waals surface area contributed by atoms with Crippen LogP contribution >= 0.6 is 23.4 Å². The number of nitrogens with two attached hydrogens (primary N) is 1. The zero-order chi connectivity index (χ0) is 20.1. The molecule has 0 aliphatic carbocycles. The molecule has 0 saturated heterocycles. The molecule has 0 amide bonds. The molecular weight excluding hydrogens is 418 g/mol. The molecule has 0 aliphatic heterocycles. The molecule has 3 rings (SSSR count). The van der Waals surface area contributed by atoms with Crippen LogP contribution < -0.4 is 15.8 Å². The van der Waals surface area contributed by atoms with Gasteiger partial charge in [-0.25, -0.2) is 23.5 Å². The molecule has 0 saturated carbocycles. The third-order valence-electron chi connectivity index (χ3n) is 3.82. The number of anilines is 3. The minimum Gasteiger partial charge on any atom is -0.366 e. The Balaban J connectivity index is 1.75. The van der Waals surface area contributed by atoms with Gasteiger partial charge in [0.05, 0.1) is 4.90 Å². The summed E-state index contributed by atoms with van der Waals surface area (Å²) >= 11 is 7.42. The van der Waals surface area contributed by atoms with Crippen LogP contribution in [-0.2, 0) is 16.6 Å². The molecule has 0 radical (unpaired) electrons. The molecule has 0 atom stereocenters. The van der Waals surface area contributed by atoms with Crippen LogP contribution in [0.25, 0.3) is 0 Å². The molecule has 1 heterocycles. The Morgan fingerprint density at radius 1 is 1.07 bits per heavy atom. The van der Waals surface area contributed by atoms with Crippen LogP contribution in [0, 0.1) is 0 Å². The van der Waals surface area contributed by atoms with Crippen LogP contribution in [0.15, 0.2) is 64.6 Å². The number of hydrogen-bond donors (Lipinski definition) is 3. The summed E-state index contributed by atoms with van der Waals surface area (Å²) in [5.41, 5.74) is 1.66. The van der Waals surface area contributed by atoms with E-state index in [9.17, 15) is 8.42 Å². The van der Waals surface area contributed by atoms with Crippen LogP contribution in [0.4, 0.5) is 17.3 Å². The summed E-state index contributed by atoms with van der Waals surface area (Å²) in [6.45, 7) is 0.386. The monoisotopic (exact) mass is 435 g/mol. The number of rotatable bonds is 7. The zero-order valence-electron chi connectivity index (χ0n) is 14.9. The van der Waals surface area contributed by atoms with Crippen molar-refractivity contribution >= 4 is 50.7 Å². The minimum atomic E-state index is -3.76. The van der Waals surface area contributed by atoms with E-state index in [-0.39, 0.29) is 4.90 Å². The van der Waals surface area contributed by atoms with Crippen molar-refractivity contribution < 1.29 is 8.42 Å². The second-order valence-electron chi connectivity index (χ2n) is 5.79. The molecule has 0 unspecified atom stereocenters. The fourth-order valence-electron chi connectivity index (χ4n) is 2.46. The first-order valence-electron chi connectivity index (χ1n) is 8.13. The second-order valence-corrected chi connectivity index (χ2v) is 8.64. The summed E-state index contributed by atoms with van der Waals surface area (Å²) in [4.78, 5) is 9.43. The van der Waals surface area contributed by atoms with Gasteiger partial charge in [0.15, 0.2) is 0 Å². The molecule has 28 heavy (non-hydrogen) atoms. The van der Waals surface area contributed by atoms with Crippen molar-refractivity contribution in [3.63, 3.8) is 0 Å². The molecular formula is C18H18ClN5O2S2. The van der Waals surface area contributed by atoms with Crippen LogP contribution in [0.1, 0.15) is 5.56 Å². The number of primary sulfonamides is 1. The third kappa shape index (κ3) is 5.35. The number of halogens is 1. The molecule has 146 valence electrons. The first-order valence-corrected chi connectivity index (χ1v) is 11.3. The number of nitrogens with one attached hydrogen (secondary N) is 2. The lowest BCUT2D eigenvalue weighted by Gasteiger charge is -2.12. The summed E-state index contributed by atoms with van der Waals surface area (Å²) in [6, 6.07) is 13.8. The summed E-state index contributed by atoms with van der Waals surface area (Å²) in [5.74, 6) is 1.21. The SMILES string of the molecule is CSc1ccc(S(N)(=O)=O)cc1CNc1cc(Nc2ccc(Cl)cc2)ncn1. The summed E-state index contributed by atoms with van der Waals surface area (Å²) in [6.07, 6.45) is 3.37. The van der Waals surface area contributed by atoms with Gasteiger partial charge in [-0.1, -0.05) is 11.6 Å². The quantitative estimate of drug-likeness (QED) is 0.483. The lowest BCUT2D eigenvalue weighted by Crippen LogP contribution is -2.13. The van der Waals surface area contributed by atoms with Gasteiger partial charge < -0.3 is 10.6 Å². The van der Waals surface area contributed by atoms with E-state index in [1.165, 1.54) is 24.2 Å². The van der Waals surface area contributed by atoms with Crippen molar-refractivity contribution in [2.75, 3.05) is 16.9 Å². The highest BCUT2D eigenvalue weighted by Crippen LogP contribution is 2.25. The predicted molar refractivity (Wildman–Crippen MR) is 114 cm³/mol. The van der Waals surface area contributed by atoms with E-state index in [2.05, 4.69) is 20.6 Å². The predicted octanol–water partition coefficient (Wildman–Crippen LogP) is 3.86. The summed E-state index contributed by atoms with van der Waals surface area (Å²) in [7, 11) is -3.76. The van der Waals surface area contributed by atoms with Gasteiger partial charge in [-0.15, -0.1) is 11.8 Å². The van der Waals surface area contributed by atoms with E-state index >= 15 is 0 Å². The first kappa shape index (κ1) is 20.4. The molecule has 0 fully saturated rings. The number of aromatic nitrogens is 2. The van der Waals surface area contributed by atoms with Crippen molar-refractivity contribution in [2.24, 2.45) is 5.14 Å². The number of benzene rings is 2. The maximum Gasteiger partial charge on any atom is 0.238 e. The Morgan fingerprint density at radius 2 is 1.79 bits per heavy atom. The zero-order valence-corrected chi connectivity index (χ0v) is 17.3. The molecule has 7 nitrogen and oxygen atoms in total. The van der Waals surface area contributed by atoms with Crippen LogP contribution in [0.5, 0.6) is 0 Å². The topological polar surface area (TPSA) is 110 Å². The standard InChI is InChI=1S/C18H18ClN5O2S2/c1-27-16-7-6-15(28(20,25)26)8-12(16)10-21-17-9-18(23-11-22-17)24-14-4-2-13(19)3-5-14/h2-9,11H,10H2,1H3,(H2,20,25,26)(H2,21,22,23,24). The maximum absolute atomic E-state index is 11.6. The molecule has 10 heteroatoms. The van der Waals surface area contributed by atoms with E-state index in [1.54, 1.807) is 30.3 Å². The molecule has 0 aliphatic rings. The minimum absolute atomic E-state index is 0.0786. The molecule has 0 bridgehead atoms. The highest BCUT2D eigenvalue weighted by Gasteiger charge is 2.11. The highest BCUT2D eigenvalue weighted by atomic mass is 35.5. The second kappa shape index (κ2) is 8.78. The Morgan fingerprint density at radius 3 is 2.46 bits per heavy atom. The van der Waals surface area contributed by atoms with E-state index in [4.69, 9.17) is 16.7 Å². The Bertz CT molecular complexity index is 1080. The highest BCUT2D eigenvalue weighted by molar-refractivity contribution is 7.98. The van der Waals surface area contributed by atoms with E-state index < -0.39 is 10.0 Å². The van der Waals surface area contributed by atoms with Crippen molar-refractivity contribution in [1.29, 1.82) is 0 Å². The molecule has 4 N–H and O–H groups in total. The van der Waals surface area contributed by atoms with Crippen molar-refractivity contribution in [3.8, 4) is 0 Å². The van der Waals surface area contributed by atoms with Gasteiger partial charge in [-0.05, 0) is 54.3 Å². The molecule has 3 aromatic rings. The van der Waals surface area contributed by atoms with Gasteiger partial charge in [-0.2, -0.15) is 0 Å². The van der Waals surface area contributed by atoms with Crippen LogP contribution in [0.3, 0.4) is 0 Å². The summed E-state index contributed by atoms with van der Waals surface area (Å²) in [5, 5.41) is 12.2. The largest absolute Gasteiger partial charge is 0.366 e. The fraction of sp³-hybridized carbons (Fsp3) is 0.111. The van der Waals surface area contributed by atoms with Gasteiger partial charge >= 0.3 is 0 Å². The summed E-state index contributed by atoms with van der Waals surface area (Å²) < 4.78 is 23.2. The van der Waals surface area contributed by atoms with E-state index in [0.717, 1.165) is 16.1 Å². The van der Waals surface area contributed by atoms with Gasteiger partial charge in [0.25, 0.3) is 0 Å². The van der Waals surface area contributed by atoms with Gasteiger partial charge in [0, 0.05) is 28.2 Å². The van der Waals surface area contributed by atoms with Crippen molar-refractivity contribution in [3.05, 3.63) is 65.4 Å². The Labute approximate surface area is 172 Å². The lowest BCUT2D eigenvalue weighted by molar-refractivity contribution is 0.597. The number of thioether (sulfide) groups is 1. The van der Waals surface area contributed by atoms with Crippen LogP contribution in [-0.4, -0.2) is 24.6 Å². The van der Waals surface area contributed by atoms with Gasteiger partial charge in [-0.3, -0.25) is 0 Å². The fourth-order valence-corrected chi connectivity index (χ4v) is 3.75. The average Bonchev–Trinajstić information content (AvgIpc) is 2.67. The number of hydrogen-bond acceptors (Lipinski definition) is 7. The normalized spacial score (nSPS) is 11.2. The Kier molecular flexibility index (Phi) is 6.40. The molecule has 0 spiro atoms. The van der Waals surface area contributed by atoms with Crippen LogP contribution in [0.2, 0.25) is 5.02 Å². The Hall–Kier alpha value is -2.33. The molecule has 1 aromatic heterocycles. The van der Waals surface area contributed by atoms with E-state index in [1.807, 2.05) is 18.4 Å².